The molecular weight excluding hydrogens is 454 g/mol. The minimum absolute atomic E-state index is 0.116. The number of aliphatic hydroxyl groups excluding tert-OH is 1. The van der Waals surface area contributed by atoms with Crippen LogP contribution in [0.15, 0.2) is 0 Å². The lowest BCUT2D eigenvalue weighted by Crippen LogP contribution is -2.60. The Bertz CT molecular complexity index is 760. The van der Waals surface area contributed by atoms with E-state index < -0.39 is 41.5 Å². The SMILES string of the molecule is COC1CC(C[C@@H](C)COC(=O)[C@@H]2CCCCN2C(=O)C(=O)C2(O)OC(C)CC[C@H]2C)CCC1O. The quantitative estimate of drug-likeness (QED) is 0.387. The number of hydrogen-bond acceptors (Lipinski definition) is 8. The lowest BCUT2D eigenvalue weighted by atomic mass is 9.80. The van der Waals surface area contributed by atoms with Crippen LogP contribution in [0.4, 0.5) is 0 Å². The van der Waals surface area contributed by atoms with E-state index in [9.17, 15) is 24.6 Å². The van der Waals surface area contributed by atoms with E-state index in [1.807, 2.05) is 6.92 Å². The van der Waals surface area contributed by atoms with E-state index in [1.165, 1.54) is 4.90 Å². The molecular formula is C26H43NO8. The largest absolute Gasteiger partial charge is 0.464 e. The highest BCUT2D eigenvalue weighted by atomic mass is 16.6. The Labute approximate surface area is 208 Å². The van der Waals surface area contributed by atoms with Gasteiger partial charge in [-0.25, -0.2) is 4.79 Å². The summed E-state index contributed by atoms with van der Waals surface area (Å²) in [4.78, 5) is 40.4. The third-order valence-corrected chi connectivity index (χ3v) is 8.02. The van der Waals surface area contributed by atoms with E-state index in [-0.39, 0.29) is 31.3 Å². The number of carbonyl (C=O) groups excluding carboxylic acids is 3. The summed E-state index contributed by atoms with van der Waals surface area (Å²) in [6.45, 7) is 5.97. The number of ether oxygens (including phenoxy) is 3. The Kier molecular flexibility index (Phi) is 9.71. The van der Waals surface area contributed by atoms with Crippen LogP contribution in [0.5, 0.6) is 0 Å². The van der Waals surface area contributed by atoms with Gasteiger partial charge in [0.05, 0.1) is 24.9 Å². The smallest absolute Gasteiger partial charge is 0.328 e. The minimum Gasteiger partial charge on any atom is -0.464 e. The normalized spacial score (nSPS) is 36.9. The predicted molar refractivity (Wildman–Crippen MR) is 127 cm³/mol. The van der Waals surface area contributed by atoms with Crippen molar-refractivity contribution < 1.29 is 38.8 Å². The first-order valence-corrected chi connectivity index (χ1v) is 13.2. The van der Waals surface area contributed by atoms with Crippen LogP contribution in [-0.4, -0.2) is 83.2 Å². The Hall–Kier alpha value is -1.55. The van der Waals surface area contributed by atoms with Gasteiger partial charge in [-0.2, -0.15) is 0 Å². The van der Waals surface area contributed by atoms with Crippen molar-refractivity contribution in [1.29, 1.82) is 0 Å². The van der Waals surface area contributed by atoms with Crippen molar-refractivity contribution in [3.05, 3.63) is 0 Å². The maximum absolute atomic E-state index is 13.2. The van der Waals surface area contributed by atoms with Gasteiger partial charge in [0, 0.05) is 19.6 Å². The van der Waals surface area contributed by atoms with Crippen LogP contribution in [0, 0.1) is 17.8 Å². The summed E-state index contributed by atoms with van der Waals surface area (Å²) in [7, 11) is 1.61. The van der Waals surface area contributed by atoms with Crippen molar-refractivity contribution in [2.75, 3.05) is 20.3 Å². The average molecular weight is 498 g/mol. The molecule has 5 unspecified atom stereocenters. The number of ketones is 1. The summed E-state index contributed by atoms with van der Waals surface area (Å²) in [5, 5.41) is 20.9. The van der Waals surface area contributed by atoms with E-state index in [0.29, 0.717) is 38.0 Å². The van der Waals surface area contributed by atoms with Gasteiger partial charge in [-0.15, -0.1) is 0 Å². The van der Waals surface area contributed by atoms with Crippen molar-refractivity contribution >= 4 is 17.7 Å². The minimum atomic E-state index is -2.16. The molecule has 3 fully saturated rings. The molecule has 2 saturated heterocycles. The molecule has 2 N–H and O–H groups in total. The van der Waals surface area contributed by atoms with Crippen LogP contribution in [0.2, 0.25) is 0 Å². The molecule has 3 rings (SSSR count). The average Bonchev–Trinajstić information content (AvgIpc) is 2.85. The summed E-state index contributed by atoms with van der Waals surface area (Å²) in [6, 6.07) is -0.838. The summed E-state index contributed by atoms with van der Waals surface area (Å²) < 4.78 is 16.5. The van der Waals surface area contributed by atoms with Crippen LogP contribution in [-0.2, 0) is 28.6 Å². The predicted octanol–water partition coefficient (Wildman–Crippen LogP) is 2.21. The van der Waals surface area contributed by atoms with Gasteiger partial charge in [0.25, 0.3) is 11.7 Å². The maximum atomic E-state index is 13.2. The van der Waals surface area contributed by atoms with Gasteiger partial charge in [0.15, 0.2) is 0 Å². The van der Waals surface area contributed by atoms with Crippen molar-refractivity contribution in [1.82, 2.24) is 4.90 Å². The third kappa shape index (κ3) is 6.61. The number of aliphatic hydroxyl groups is 2. The molecule has 0 aromatic heterocycles. The van der Waals surface area contributed by atoms with E-state index in [0.717, 1.165) is 25.7 Å². The van der Waals surface area contributed by atoms with Crippen molar-refractivity contribution in [2.24, 2.45) is 17.8 Å². The highest BCUT2D eigenvalue weighted by molar-refractivity contribution is 6.39. The number of esters is 1. The summed E-state index contributed by atoms with van der Waals surface area (Å²) in [6.07, 6.45) is 5.48. The Morgan fingerprint density at radius 1 is 1.11 bits per heavy atom. The highest BCUT2D eigenvalue weighted by Gasteiger charge is 2.52. The van der Waals surface area contributed by atoms with Gasteiger partial charge in [-0.3, -0.25) is 9.59 Å². The molecule has 1 saturated carbocycles. The molecule has 0 aromatic rings. The monoisotopic (exact) mass is 497 g/mol. The number of amides is 1. The zero-order valence-corrected chi connectivity index (χ0v) is 21.6. The molecule has 200 valence electrons. The molecule has 0 aromatic carbocycles. The van der Waals surface area contributed by atoms with Crippen molar-refractivity contribution in [3.63, 3.8) is 0 Å². The van der Waals surface area contributed by atoms with E-state index >= 15 is 0 Å². The fourth-order valence-corrected chi connectivity index (χ4v) is 5.76. The molecule has 8 atom stereocenters. The van der Waals surface area contributed by atoms with Crippen LogP contribution >= 0.6 is 0 Å². The molecule has 9 heteroatoms. The second-order valence-electron chi connectivity index (χ2n) is 10.9. The fourth-order valence-electron chi connectivity index (χ4n) is 5.76. The van der Waals surface area contributed by atoms with E-state index in [2.05, 4.69) is 0 Å². The first-order valence-electron chi connectivity index (χ1n) is 13.2. The number of Topliss-reactive ketones (excluding diaryl/α,β-unsaturated/α-hetero) is 1. The molecule has 2 heterocycles. The number of rotatable bonds is 8. The van der Waals surface area contributed by atoms with Crippen molar-refractivity contribution in [2.45, 2.75) is 109 Å². The maximum Gasteiger partial charge on any atom is 0.328 e. The summed E-state index contributed by atoms with van der Waals surface area (Å²) in [5.41, 5.74) is 0. The fraction of sp³-hybridized carbons (Fsp3) is 0.885. The number of methoxy groups -OCH3 is 1. The number of hydrogen-bond donors (Lipinski definition) is 2. The molecule has 35 heavy (non-hydrogen) atoms. The Morgan fingerprint density at radius 3 is 2.57 bits per heavy atom. The van der Waals surface area contributed by atoms with Crippen LogP contribution in [0.25, 0.3) is 0 Å². The second kappa shape index (κ2) is 12.1. The number of likely N-dealkylation sites (tertiary alicyclic amines) is 1. The van der Waals surface area contributed by atoms with E-state index in [1.54, 1.807) is 21.0 Å². The molecule has 9 nitrogen and oxygen atoms in total. The number of carbonyl (C=O) groups is 3. The second-order valence-corrected chi connectivity index (χ2v) is 10.9. The zero-order valence-electron chi connectivity index (χ0n) is 21.6. The zero-order chi connectivity index (χ0) is 25.8. The molecule has 2 aliphatic heterocycles. The number of nitrogens with zero attached hydrogens (tertiary/aromatic N) is 1. The lowest BCUT2D eigenvalue weighted by molar-refractivity contribution is -0.259. The van der Waals surface area contributed by atoms with Gasteiger partial charge < -0.3 is 29.3 Å². The first kappa shape index (κ1) is 28.0. The van der Waals surface area contributed by atoms with Crippen LogP contribution < -0.4 is 0 Å². The standard InChI is InChI=1S/C26H43NO8/c1-16(13-19-10-11-21(28)22(14-19)33-4)15-34-25(31)20-7-5-6-12-27(20)24(30)23(29)26(32)17(2)8-9-18(3)35-26/h16-22,28,32H,5-15H2,1-4H3/t16-,17-,18?,19?,20+,21?,22?,26?/m1/s1. The Balaban J connectivity index is 1.56. The van der Waals surface area contributed by atoms with Gasteiger partial charge in [-0.05, 0) is 76.5 Å². The highest BCUT2D eigenvalue weighted by Crippen LogP contribution is 2.34. The molecule has 0 radical (unpaired) electrons. The van der Waals surface area contributed by atoms with Gasteiger partial charge in [0.2, 0.25) is 5.79 Å². The lowest BCUT2D eigenvalue weighted by Gasteiger charge is -2.41. The molecule has 1 aliphatic carbocycles. The van der Waals surface area contributed by atoms with Crippen LogP contribution in [0.1, 0.15) is 78.6 Å². The summed E-state index contributed by atoms with van der Waals surface area (Å²) in [5.74, 6) is -4.56. The van der Waals surface area contributed by atoms with Crippen LogP contribution in [0.3, 0.4) is 0 Å². The van der Waals surface area contributed by atoms with Gasteiger partial charge in [0.1, 0.15) is 6.04 Å². The molecule has 1 amide bonds. The third-order valence-electron chi connectivity index (χ3n) is 8.02. The molecule has 0 spiro atoms. The molecule has 3 aliphatic rings. The number of piperidine rings is 1. The first-order chi connectivity index (χ1) is 16.6. The van der Waals surface area contributed by atoms with Gasteiger partial charge >= 0.3 is 5.97 Å². The molecule has 0 bridgehead atoms. The summed E-state index contributed by atoms with van der Waals surface area (Å²) >= 11 is 0. The van der Waals surface area contributed by atoms with E-state index in [4.69, 9.17) is 14.2 Å². The Morgan fingerprint density at radius 2 is 1.86 bits per heavy atom. The van der Waals surface area contributed by atoms with Gasteiger partial charge in [-0.1, -0.05) is 13.8 Å². The topological polar surface area (TPSA) is 123 Å². The van der Waals surface area contributed by atoms with Crippen molar-refractivity contribution in [3.8, 4) is 0 Å².